The van der Waals surface area contributed by atoms with Gasteiger partial charge in [0.2, 0.25) is 5.91 Å². The van der Waals surface area contributed by atoms with Crippen LogP contribution < -0.4 is 0 Å². The van der Waals surface area contributed by atoms with Crippen LogP contribution in [0.4, 0.5) is 17.6 Å². The Morgan fingerprint density at radius 2 is 1.94 bits per heavy atom. The topological polar surface area (TPSA) is 62.4 Å². The van der Waals surface area contributed by atoms with Crippen molar-refractivity contribution in [2.75, 3.05) is 13.0 Å². The van der Waals surface area contributed by atoms with E-state index in [1.54, 1.807) is 24.3 Å². The number of rotatable bonds is 3. The van der Waals surface area contributed by atoms with Gasteiger partial charge in [-0.15, -0.1) is 11.6 Å². The Bertz CT molecular complexity index is 1210. The number of hydrogen-bond acceptors (Lipinski definition) is 3. The van der Waals surface area contributed by atoms with Gasteiger partial charge in [-0.2, -0.15) is 13.2 Å². The molecule has 4 rings (SSSR count). The van der Waals surface area contributed by atoms with Gasteiger partial charge in [0.1, 0.15) is 17.7 Å². The summed E-state index contributed by atoms with van der Waals surface area (Å²) in [7, 11) is 1.13. The number of benzene rings is 2. The van der Waals surface area contributed by atoms with Gasteiger partial charge in [0.25, 0.3) is 0 Å². The first-order valence-electron chi connectivity index (χ1n) is 9.58. The molecular weight excluding hydrogens is 452 g/mol. The molecule has 2 atom stereocenters. The number of methoxy groups -OCH3 is 1. The van der Waals surface area contributed by atoms with Gasteiger partial charge in [0.05, 0.1) is 18.7 Å². The predicted octanol–water partition coefficient (Wildman–Crippen LogP) is 4.58. The standard InChI is InChI=1S/C22H17ClF4N2O3/c1-32-21(31)17-9-14-12-4-2-3-5-16(12)28-19(14)20(29(17)18(30)10-23)13-7-6-11(24)8-15(13)22(25,26)27/h2-8,17,20,28H,9-10H2,1H3/t17-,20+/m1/s1. The first kappa shape index (κ1) is 22.1. The van der Waals surface area contributed by atoms with Crippen LogP contribution in [0.25, 0.3) is 10.9 Å². The molecule has 0 bridgehead atoms. The molecule has 1 aliphatic rings. The van der Waals surface area contributed by atoms with E-state index in [1.165, 1.54) is 0 Å². The number of carbonyl (C=O) groups excluding carboxylic acids is 2. The summed E-state index contributed by atoms with van der Waals surface area (Å²) in [6, 6.07) is 6.68. The molecule has 10 heteroatoms. The van der Waals surface area contributed by atoms with Crippen molar-refractivity contribution >= 4 is 34.4 Å². The van der Waals surface area contributed by atoms with Crippen molar-refractivity contribution in [3.05, 3.63) is 70.7 Å². The van der Waals surface area contributed by atoms with Gasteiger partial charge in [-0.3, -0.25) is 4.79 Å². The maximum Gasteiger partial charge on any atom is 0.416 e. The second-order valence-electron chi connectivity index (χ2n) is 7.37. The third-order valence-corrected chi connectivity index (χ3v) is 5.85. The number of para-hydroxylation sites is 1. The molecule has 1 aliphatic heterocycles. The number of halogens is 5. The van der Waals surface area contributed by atoms with Crippen molar-refractivity contribution in [3.8, 4) is 0 Å². The second-order valence-corrected chi connectivity index (χ2v) is 7.64. The fourth-order valence-electron chi connectivity index (χ4n) is 4.32. The lowest BCUT2D eigenvalue weighted by Crippen LogP contribution is -2.52. The van der Waals surface area contributed by atoms with Crippen molar-refractivity contribution in [1.82, 2.24) is 9.88 Å². The average Bonchev–Trinajstić information content (AvgIpc) is 3.14. The molecule has 2 heterocycles. The van der Waals surface area contributed by atoms with E-state index in [2.05, 4.69) is 4.98 Å². The highest BCUT2D eigenvalue weighted by Gasteiger charge is 2.46. The zero-order valence-corrected chi connectivity index (χ0v) is 17.4. The summed E-state index contributed by atoms with van der Waals surface area (Å²) >= 11 is 5.78. The summed E-state index contributed by atoms with van der Waals surface area (Å²) in [5.41, 5.74) is -0.107. The highest BCUT2D eigenvalue weighted by molar-refractivity contribution is 6.27. The number of hydrogen-bond donors (Lipinski definition) is 1. The van der Waals surface area contributed by atoms with Gasteiger partial charge in [-0.25, -0.2) is 9.18 Å². The smallest absolute Gasteiger partial charge is 0.416 e. The fraction of sp³-hybridized carbons (Fsp3) is 0.273. The SMILES string of the molecule is COC(=O)[C@H]1Cc2c([nH]c3ccccc23)[C@H](c2ccc(F)cc2C(F)(F)F)N1C(=O)CCl. The number of amides is 1. The molecule has 0 saturated heterocycles. The Morgan fingerprint density at radius 3 is 2.59 bits per heavy atom. The van der Waals surface area contributed by atoms with Crippen molar-refractivity contribution in [3.63, 3.8) is 0 Å². The maximum atomic E-state index is 13.9. The van der Waals surface area contributed by atoms with Crippen molar-refractivity contribution in [2.24, 2.45) is 0 Å². The number of aromatic nitrogens is 1. The van der Waals surface area contributed by atoms with Gasteiger partial charge < -0.3 is 14.6 Å². The number of nitrogens with one attached hydrogen (secondary N) is 1. The molecular formula is C22H17ClF4N2O3. The van der Waals surface area contributed by atoms with E-state index in [0.717, 1.165) is 24.1 Å². The lowest BCUT2D eigenvalue weighted by atomic mass is 9.86. The molecule has 1 aromatic heterocycles. The molecule has 1 amide bonds. The molecule has 0 spiro atoms. The molecule has 0 aliphatic carbocycles. The number of carbonyl (C=O) groups is 2. The highest BCUT2D eigenvalue weighted by atomic mass is 35.5. The van der Waals surface area contributed by atoms with E-state index in [0.29, 0.717) is 28.2 Å². The zero-order chi connectivity index (χ0) is 23.2. The molecule has 1 N–H and O–H groups in total. The van der Waals surface area contributed by atoms with E-state index < -0.39 is 47.4 Å². The van der Waals surface area contributed by atoms with E-state index in [4.69, 9.17) is 16.3 Å². The minimum absolute atomic E-state index is 0.0215. The molecule has 168 valence electrons. The summed E-state index contributed by atoms with van der Waals surface area (Å²) in [5, 5.41) is 0.704. The number of alkyl halides is 4. The lowest BCUT2D eigenvalue weighted by molar-refractivity contribution is -0.154. The van der Waals surface area contributed by atoms with E-state index in [9.17, 15) is 27.2 Å². The van der Waals surface area contributed by atoms with Gasteiger partial charge in [-0.05, 0) is 29.3 Å². The number of aromatic amines is 1. The first-order chi connectivity index (χ1) is 15.2. The lowest BCUT2D eigenvalue weighted by Gasteiger charge is -2.41. The van der Waals surface area contributed by atoms with Crippen molar-refractivity contribution in [2.45, 2.75) is 24.7 Å². The Kier molecular flexibility index (Phi) is 5.62. The normalized spacial score (nSPS) is 18.5. The van der Waals surface area contributed by atoms with Crippen LogP contribution in [-0.4, -0.2) is 40.8 Å². The Hall–Kier alpha value is -3.07. The minimum Gasteiger partial charge on any atom is -0.467 e. The van der Waals surface area contributed by atoms with Gasteiger partial charge in [-0.1, -0.05) is 24.3 Å². The van der Waals surface area contributed by atoms with Crippen LogP contribution in [0.5, 0.6) is 0 Å². The monoisotopic (exact) mass is 468 g/mol. The molecule has 5 nitrogen and oxygen atoms in total. The van der Waals surface area contributed by atoms with Crippen molar-refractivity contribution in [1.29, 1.82) is 0 Å². The highest BCUT2D eigenvalue weighted by Crippen LogP contribution is 2.45. The number of esters is 1. The molecule has 2 aromatic carbocycles. The summed E-state index contributed by atoms with van der Waals surface area (Å²) in [6.07, 6.45) is -4.88. The van der Waals surface area contributed by atoms with Crippen molar-refractivity contribution < 1.29 is 31.9 Å². The molecule has 0 radical (unpaired) electrons. The summed E-state index contributed by atoms with van der Waals surface area (Å²) in [5.74, 6) is -3.19. The number of ether oxygens (including phenoxy) is 1. The molecule has 3 aromatic rings. The van der Waals surface area contributed by atoms with Crippen LogP contribution in [-0.2, 0) is 26.9 Å². The Balaban J connectivity index is 2.06. The minimum atomic E-state index is -4.91. The largest absolute Gasteiger partial charge is 0.467 e. The number of H-pyrrole nitrogens is 1. The molecule has 0 fully saturated rings. The Morgan fingerprint density at radius 1 is 1.22 bits per heavy atom. The number of fused-ring (bicyclic) bond motifs is 3. The molecule has 0 unspecified atom stereocenters. The quantitative estimate of drug-likeness (QED) is 0.348. The summed E-state index contributed by atoms with van der Waals surface area (Å²) < 4.78 is 60.3. The second kappa shape index (κ2) is 8.12. The van der Waals surface area contributed by atoms with Crippen LogP contribution in [0.2, 0.25) is 0 Å². The van der Waals surface area contributed by atoms with E-state index in [-0.39, 0.29) is 12.0 Å². The summed E-state index contributed by atoms with van der Waals surface area (Å²) in [4.78, 5) is 29.6. The molecule has 0 saturated carbocycles. The van der Waals surface area contributed by atoms with Gasteiger partial charge in [0.15, 0.2) is 0 Å². The maximum absolute atomic E-state index is 13.9. The first-order valence-corrected chi connectivity index (χ1v) is 10.1. The van der Waals surface area contributed by atoms with Gasteiger partial charge in [0, 0.05) is 23.0 Å². The van der Waals surface area contributed by atoms with Crippen LogP contribution in [0.1, 0.15) is 28.4 Å². The summed E-state index contributed by atoms with van der Waals surface area (Å²) in [6.45, 7) is 0. The fourth-order valence-corrected chi connectivity index (χ4v) is 4.46. The molecule has 32 heavy (non-hydrogen) atoms. The van der Waals surface area contributed by atoms with Crippen LogP contribution in [0.3, 0.4) is 0 Å². The third-order valence-electron chi connectivity index (χ3n) is 5.62. The van der Waals surface area contributed by atoms with Crippen LogP contribution in [0.15, 0.2) is 42.5 Å². The number of nitrogens with zero attached hydrogens (tertiary/aromatic N) is 1. The van der Waals surface area contributed by atoms with E-state index in [1.807, 2.05) is 0 Å². The predicted molar refractivity (Wildman–Crippen MR) is 109 cm³/mol. The van der Waals surface area contributed by atoms with Crippen LogP contribution in [0, 0.1) is 5.82 Å². The average molecular weight is 469 g/mol. The van der Waals surface area contributed by atoms with Crippen LogP contribution >= 0.6 is 11.6 Å². The van der Waals surface area contributed by atoms with Gasteiger partial charge >= 0.3 is 12.1 Å². The zero-order valence-electron chi connectivity index (χ0n) is 16.7. The third kappa shape index (κ3) is 3.60. The van der Waals surface area contributed by atoms with E-state index >= 15 is 0 Å². The Labute approximate surface area is 184 Å².